The van der Waals surface area contributed by atoms with Gasteiger partial charge in [-0.2, -0.15) is 4.99 Å². The molecule has 2 aliphatic heterocycles. The first-order valence-corrected chi connectivity index (χ1v) is 11.5. The third kappa shape index (κ3) is 3.94. The zero-order valence-electron chi connectivity index (χ0n) is 14.9. The van der Waals surface area contributed by atoms with Crippen LogP contribution in [0.5, 0.6) is 0 Å². The number of amidine groups is 1. The van der Waals surface area contributed by atoms with E-state index in [9.17, 15) is 13.2 Å². The summed E-state index contributed by atoms with van der Waals surface area (Å²) in [6, 6.07) is 16.9. The van der Waals surface area contributed by atoms with Crippen molar-refractivity contribution in [2.24, 2.45) is 4.99 Å². The van der Waals surface area contributed by atoms with E-state index in [2.05, 4.69) is 4.99 Å². The molecule has 2 heterocycles. The van der Waals surface area contributed by atoms with E-state index < -0.39 is 9.84 Å². The first kappa shape index (κ1) is 18.3. The molecule has 0 radical (unpaired) electrons. The van der Waals surface area contributed by atoms with E-state index in [4.69, 9.17) is 0 Å². The summed E-state index contributed by atoms with van der Waals surface area (Å²) in [4.78, 5) is 18.9. The molecule has 0 bridgehead atoms. The van der Waals surface area contributed by atoms with Gasteiger partial charge in [0.05, 0.1) is 17.5 Å². The molecule has 2 aromatic carbocycles. The van der Waals surface area contributed by atoms with Crippen LogP contribution < -0.4 is 0 Å². The molecule has 7 heteroatoms. The lowest BCUT2D eigenvalue weighted by atomic mass is 10.1. The second kappa shape index (κ2) is 7.13. The number of fused-ring (bicyclic) bond motifs is 1. The second-order valence-electron chi connectivity index (χ2n) is 6.98. The first-order valence-electron chi connectivity index (χ1n) is 8.79. The van der Waals surface area contributed by atoms with E-state index >= 15 is 0 Å². The van der Waals surface area contributed by atoms with Crippen LogP contribution in [0, 0.1) is 6.92 Å². The Hall–Kier alpha value is -2.12. The predicted octanol–water partition coefficient (Wildman–Crippen LogP) is 2.91. The predicted molar refractivity (Wildman–Crippen MR) is 109 cm³/mol. The van der Waals surface area contributed by atoms with E-state index in [1.807, 2.05) is 42.2 Å². The molecular formula is C20H20N2O3S2. The number of hydrogen-bond acceptors (Lipinski definition) is 4. The summed E-state index contributed by atoms with van der Waals surface area (Å²) in [6.07, 6.45) is 0. The molecule has 2 aromatic rings. The second-order valence-corrected chi connectivity index (χ2v) is 10.3. The Balaban J connectivity index is 1.64. The normalized spacial score (nSPS) is 24.9. The van der Waals surface area contributed by atoms with Crippen LogP contribution in [0.3, 0.4) is 0 Å². The quantitative estimate of drug-likeness (QED) is 0.793. The van der Waals surface area contributed by atoms with Gasteiger partial charge in [-0.3, -0.25) is 4.79 Å². The third-order valence-corrected chi connectivity index (χ3v) is 8.11. The van der Waals surface area contributed by atoms with Crippen molar-refractivity contribution in [1.82, 2.24) is 4.90 Å². The van der Waals surface area contributed by atoms with Crippen LogP contribution in [0.1, 0.15) is 21.5 Å². The lowest BCUT2D eigenvalue weighted by Gasteiger charge is -2.24. The van der Waals surface area contributed by atoms with Gasteiger partial charge in [-0.1, -0.05) is 59.8 Å². The van der Waals surface area contributed by atoms with Crippen LogP contribution in [0.25, 0.3) is 0 Å². The van der Waals surface area contributed by atoms with Crippen molar-refractivity contribution in [3.8, 4) is 0 Å². The summed E-state index contributed by atoms with van der Waals surface area (Å²) in [5.74, 6) is -0.0322. The molecule has 2 saturated heterocycles. The smallest absolute Gasteiger partial charge is 0.279 e. The molecule has 0 aliphatic carbocycles. The molecule has 1 amide bonds. The number of amides is 1. The Morgan fingerprint density at radius 3 is 2.52 bits per heavy atom. The van der Waals surface area contributed by atoms with Crippen molar-refractivity contribution < 1.29 is 13.2 Å². The van der Waals surface area contributed by atoms with Gasteiger partial charge in [-0.05, 0) is 24.6 Å². The molecule has 0 saturated carbocycles. The van der Waals surface area contributed by atoms with Crippen molar-refractivity contribution >= 4 is 32.7 Å². The van der Waals surface area contributed by atoms with Gasteiger partial charge in [0, 0.05) is 17.4 Å². The van der Waals surface area contributed by atoms with Crippen molar-refractivity contribution in [2.75, 3.05) is 11.5 Å². The van der Waals surface area contributed by atoms with Crippen molar-refractivity contribution in [3.05, 3.63) is 71.3 Å². The molecule has 4 rings (SSSR count). The number of hydrogen-bond donors (Lipinski definition) is 0. The zero-order chi connectivity index (χ0) is 19.0. The van der Waals surface area contributed by atoms with Crippen molar-refractivity contribution in [2.45, 2.75) is 24.8 Å². The topological polar surface area (TPSA) is 66.8 Å². The molecule has 0 aromatic heterocycles. The summed E-state index contributed by atoms with van der Waals surface area (Å²) in [6.45, 7) is 2.57. The van der Waals surface area contributed by atoms with Crippen LogP contribution in [0.15, 0.2) is 59.6 Å². The maximum Gasteiger partial charge on any atom is 0.279 e. The molecule has 2 fully saturated rings. The molecule has 0 unspecified atom stereocenters. The number of nitrogens with zero attached hydrogens (tertiary/aromatic N) is 2. The fourth-order valence-corrected chi connectivity index (χ4v) is 7.39. The highest BCUT2D eigenvalue weighted by molar-refractivity contribution is 8.15. The van der Waals surface area contributed by atoms with Gasteiger partial charge in [-0.25, -0.2) is 8.42 Å². The van der Waals surface area contributed by atoms with Gasteiger partial charge in [0.1, 0.15) is 0 Å². The molecule has 27 heavy (non-hydrogen) atoms. The number of thioether (sulfide) groups is 1. The summed E-state index contributed by atoms with van der Waals surface area (Å²) < 4.78 is 24.2. The number of rotatable bonds is 3. The Bertz CT molecular complexity index is 986. The van der Waals surface area contributed by atoms with E-state index in [0.717, 1.165) is 5.56 Å². The van der Waals surface area contributed by atoms with Gasteiger partial charge in [0.25, 0.3) is 5.91 Å². The molecule has 140 valence electrons. The van der Waals surface area contributed by atoms with Crippen LogP contribution in [-0.2, 0) is 16.4 Å². The van der Waals surface area contributed by atoms with E-state index in [1.165, 1.54) is 17.3 Å². The van der Waals surface area contributed by atoms with E-state index in [1.54, 1.807) is 24.3 Å². The summed E-state index contributed by atoms with van der Waals surface area (Å²) in [7, 11) is -3.04. The third-order valence-electron chi connectivity index (χ3n) is 4.87. The summed E-state index contributed by atoms with van der Waals surface area (Å²) in [5.41, 5.74) is 2.78. The van der Waals surface area contributed by atoms with Gasteiger partial charge in [0.2, 0.25) is 0 Å². The molecule has 2 atom stereocenters. The Morgan fingerprint density at radius 2 is 1.81 bits per heavy atom. The van der Waals surface area contributed by atoms with Gasteiger partial charge in [-0.15, -0.1) is 0 Å². The minimum absolute atomic E-state index is 0.0669. The molecular weight excluding hydrogens is 380 g/mol. The standard InChI is InChI=1S/C20H20N2O3S2/c1-14-7-9-15(10-8-14)11-22-17-12-27(24,25)13-18(17)26-20(22)21-19(23)16-5-3-2-4-6-16/h2-10,17-18H,11-13H2,1H3/t17-,18-/m0/s1. The zero-order valence-corrected chi connectivity index (χ0v) is 16.5. The van der Waals surface area contributed by atoms with Gasteiger partial charge < -0.3 is 4.90 Å². The van der Waals surface area contributed by atoms with Crippen molar-refractivity contribution in [3.63, 3.8) is 0 Å². The summed E-state index contributed by atoms with van der Waals surface area (Å²) >= 11 is 1.41. The largest absolute Gasteiger partial charge is 0.342 e. The first-order chi connectivity index (χ1) is 12.9. The maximum absolute atomic E-state index is 12.5. The molecule has 0 spiro atoms. The molecule has 0 N–H and O–H groups in total. The highest BCUT2D eigenvalue weighted by Crippen LogP contribution is 2.39. The maximum atomic E-state index is 12.5. The van der Waals surface area contributed by atoms with E-state index in [-0.39, 0.29) is 28.7 Å². The SMILES string of the molecule is Cc1ccc(CN2C(=NC(=O)c3ccccc3)S[C@H]3CS(=O)(=O)C[C@@H]32)cc1. The Morgan fingerprint density at radius 1 is 1.11 bits per heavy atom. The minimum Gasteiger partial charge on any atom is -0.342 e. The molecule has 5 nitrogen and oxygen atoms in total. The number of benzene rings is 2. The van der Waals surface area contributed by atoms with Gasteiger partial charge >= 0.3 is 0 Å². The fourth-order valence-electron chi connectivity index (χ4n) is 3.44. The lowest BCUT2D eigenvalue weighted by Crippen LogP contribution is -2.37. The van der Waals surface area contributed by atoms with Crippen molar-refractivity contribution in [1.29, 1.82) is 0 Å². The molecule has 2 aliphatic rings. The number of sulfone groups is 1. The van der Waals surface area contributed by atoms with Crippen LogP contribution in [0.4, 0.5) is 0 Å². The number of carbonyl (C=O) groups excluding carboxylic acids is 1. The van der Waals surface area contributed by atoms with Crippen LogP contribution in [0.2, 0.25) is 0 Å². The highest BCUT2D eigenvalue weighted by Gasteiger charge is 2.48. The number of aryl methyl sites for hydroxylation is 1. The average molecular weight is 401 g/mol. The minimum atomic E-state index is -3.04. The van der Waals surface area contributed by atoms with Crippen LogP contribution >= 0.6 is 11.8 Å². The Labute approximate surface area is 163 Å². The lowest BCUT2D eigenvalue weighted by molar-refractivity contribution is 0.100. The number of carbonyl (C=O) groups is 1. The Kier molecular flexibility index (Phi) is 4.82. The van der Waals surface area contributed by atoms with Gasteiger partial charge in [0.15, 0.2) is 15.0 Å². The summed E-state index contributed by atoms with van der Waals surface area (Å²) in [5, 5.41) is 0.553. The number of aliphatic imine (C=N–C) groups is 1. The van der Waals surface area contributed by atoms with Crippen LogP contribution in [-0.4, -0.2) is 47.2 Å². The fraction of sp³-hybridized carbons (Fsp3) is 0.300. The highest BCUT2D eigenvalue weighted by atomic mass is 32.2. The average Bonchev–Trinajstić information content (AvgIpc) is 3.10. The van der Waals surface area contributed by atoms with E-state index in [0.29, 0.717) is 17.3 Å². The monoisotopic (exact) mass is 400 g/mol.